The summed E-state index contributed by atoms with van der Waals surface area (Å²) in [5.41, 5.74) is 5.15. The first kappa shape index (κ1) is 33.5. The fourth-order valence-electron chi connectivity index (χ4n) is 7.37. The molecule has 0 saturated carbocycles. The highest BCUT2D eigenvalue weighted by atomic mass is 35.5. The molecule has 1 aromatic heterocycles. The van der Waals surface area contributed by atoms with Crippen LogP contribution in [0.15, 0.2) is 72.9 Å². The van der Waals surface area contributed by atoms with Gasteiger partial charge in [0, 0.05) is 65.3 Å². The van der Waals surface area contributed by atoms with Crippen molar-refractivity contribution in [1.82, 2.24) is 20.1 Å². The lowest BCUT2D eigenvalue weighted by Gasteiger charge is -2.37. The first-order chi connectivity index (χ1) is 22.7. The number of carbonyl (C=O) groups is 2. The molecule has 2 N–H and O–H groups in total. The quantitative estimate of drug-likeness (QED) is 0.181. The topological polar surface area (TPSA) is 71.7 Å². The Kier molecular flexibility index (Phi) is 10.9. The zero-order valence-electron chi connectivity index (χ0n) is 27.4. The van der Waals surface area contributed by atoms with Crippen LogP contribution in [0.2, 0.25) is 10.0 Å². The van der Waals surface area contributed by atoms with Gasteiger partial charge in [-0.15, -0.1) is 0 Å². The van der Waals surface area contributed by atoms with Crippen LogP contribution in [0.25, 0.3) is 10.9 Å². The molecule has 0 unspecified atom stereocenters. The minimum Gasteiger partial charge on any atom is -0.361 e. The molecule has 9 heteroatoms. The zero-order valence-corrected chi connectivity index (χ0v) is 28.9. The van der Waals surface area contributed by atoms with Crippen molar-refractivity contribution in [1.29, 1.82) is 0 Å². The van der Waals surface area contributed by atoms with Gasteiger partial charge in [0.25, 0.3) is 0 Å². The summed E-state index contributed by atoms with van der Waals surface area (Å²) in [5.74, 6) is 0.591. The minimum absolute atomic E-state index is 0.0696. The highest BCUT2D eigenvalue weighted by Crippen LogP contribution is 2.33. The third-order valence-corrected chi connectivity index (χ3v) is 10.3. The molecule has 2 amide bonds. The van der Waals surface area contributed by atoms with Crippen LogP contribution in [0.3, 0.4) is 0 Å². The Morgan fingerprint density at radius 1 is 0.979 bits per heavy atom. The molecule has 0 aliphatic carbocycles. The number of fused-ring (bicyclic) bond motifs is 2. The number of hydrogen-bond donors (Lipinski definition) is 2. The number of nitrogens with one attached hydrogen (secondary N) is 2. The predicted octanol–water partition coefficient (Wildman–Crippen LogP) is 6.96. The number of rotatable bonds is 11. The molecule has 2 atom stereocenters. The number of nitrogens with zero attached hydrogens (tertiary/aromatic N) is 3. The second-order valence-electron chi connectivity index (χ2n) is 13.6. The molecule has 0 radical (unpaired) electrons. The number of anilines is 1. The minimum atomic E-state index is -0.694. The lowest BCUT2D eigenvalue weighted by Crippen LogP contribution is -2.53. The van der Waals surface area contributed by atoms with Gasteiger partial charge in [0.05, 0.1) is 0 Å². The Morgan fingerprint density at radius 2 is 1.74 bits per heavy atom. The van der Waals surface area contributed by atoms with Gasteiger partial charge in [0.1, 0.15) is 6.04 Å². The lowest BCUT2D eigenvalue weighted by molar-refractivity contribution is -0.128. The third-order valence-electron chi connectivity index (χ3n) is 9.74. The highest BCUT2D eigenvalue weighted by Gasteiger charge is 2.34. The van der Waals surface area contributed by atoms with Crippen LogP contribution in [-0.4, -0.2) is 72.9 Å². The molecular formula is C38H45Cl2N5O2. The second-order valence-corrected chi connectivity index (χ2v) is 14.4. The van der Waals surface area contributed by atoms with Crippen molar-refractivity contribution in [2.45, 2.75) is 51.1 Å². The van der Waals surface area contributed by atoms with Crippen LogP contribution in [-0.2, 0) is 29.0 Å². The Bertz CT molecular complexity index is 1700. The lowest BCUT2D eigenvalue weighted by atomic mass is 9.90. The molecule has 3 heterocycles. The summed E-state index contributed by atoms with van der Waals surface area (Å²) in [6.07, 6.45) is 6.55. The number of para-hydroxylation sites is 1. The van der Waals surface area contributed by atoms with Gasteiger partial charge in [0.15, 0.2) is 0 Å². The molecule has 1 fully saturated rings. The number of benzene rings is 3. The second kappa shape index (κ2) is 15.2. The Labute approximate surface area is 288 Å². The van der Waals surface area contributed by atoms with Gasteiger partial charge in [-0.05, 0) is 112 Å². The SMILES string of the molecule is CN(C)C[C@H]1Cc2cc(Cl)ccc2N(C(=O)[C@@H](Cc2c[nH]c3ccccc23)NC(=O)CCC2CCN(Cc3ccccc3Cl)CC2)C1. The van der Waals surface area contributed by atoms with E-state index in [1.165, 1.54) is 0 Å². The van der Waals surface area contributed by atoms with Gasteiger partial charge in [-0.3, -0.25) is 14.5 Å². The monoisotopic (exact) mass is 673 g/mol. The van der Waals surface area contributed by atoms with E-state index < -0.39 is 6.04 Å². The summed E-state index contributed by atoms with van der Waals surface area (Å²) in [6.45, 7) is 4.29. The van der Waals surface area contributed by atoms with E-state index in [1.807, 2.05) is 65.7 Å². The molecule has 2 aliphatic heterocycles. The van der Waals surface area contributed by atoms with Crippen molar-refractivity contribution >= 4 is 51.6 Å². The Balaban J connectivity index is 1.14. The zero-order chi connectivity index (χ0) is 32.9. The molecule has 1 saturated heterocycles. The van der Waals surface area contributed by atoms with E-state index in [0.717, 1.165) is 90.2 Å². The van der Waals surface area contributed by atoms with Gasteiger partial charge in [-0.1, -0.05) is 59.6 Å². The fourth-order valence-corrected chi connectivity index (χ4v) is 7.76. The molecule has 7 nitrogen and oxygen atoms in total. The Morgan fingerprint density at radius 3 is 2.53 bits per heavy atom. The van der Waals surface area contributed by atoms with Crippen molar-refractivity contribution < 1.29 is 9.59 Å². The number of aromatic nitrogens is 1. The van der Waals surface area contributed by atoms with E-state index in [9.17, 15) is 9.59 Å². The molecule has 47 heavy (non-hydrogen) atoms. The molecule has 0 spiro atoms. The number of aromatic amines is 1. The van der Waals surface area contributed by atoms with Crippen molar-refractivity contribution in [2.75, 3.05) is 45.2 Å². The van der Waals surface area contributed by atoms with E-state index in [0.29, 0.717) is 30.3 Å². The van der Waals surface area contributed by atoms with E-state index in [1.54, 1.807) is 0 Å². The summed E-state index contributed by atoms with van der Waals surface area (Å²) in [6, 6.07) is 21.2. The largest absolute Gasteiger partial charge is 0.361 e. The maximum Gasteiger partial charge on any atom is 0.249 e. The van der Waals surface area contributed by atoms with Gasteiger partial charge >= 0.3 is 0 Å². The molecule has 0 bridgehead atoms. The number of carbonyl (C=O) groups excluding carboxylic acids is 2. The van der Waals surface area contributed by atoms with Crippen LogP contribution in [0.5, 0.6) is 0 Å². The number of hydrogen-bond acceptors (Lipinski definition) is 4. The van der Waals surface area contributed by atoms with Crippen molar-refractivity contribution in [2.24, 2.45) is 11.8 Å². The smallest absolute Gasteiger partial charge is 0.249 e. The first-order valence-electron chi connectivity index (χ1n) is 16.8. The van der Waals surface area contributed by atoms with Gasteiger partial charge in [-0.2, -0.15) is 0 Å². The average molecular weight is 675 g/mol. The normalized spacial score (nSPS) is 18.0. The molecule has 3 aromatic carbocycles. The maximum absolute atomic E-state index is 14.5. The predicted molar refractivity (Wildman–Crippen MR) is 192 cm³/mol. The number of H-pyrrole nitrogens is 1. The van der Waals surface area contributed by atoms with Crippen LogP contribution < -0.4 is 10.2 Å². The molecule has 4 aromatic rings. The number of likely N-dealkylation sites (tertiary alicyclic amines) is 1. The van der Waals surface area contributed by atoms with Crippen LogP contribution in [0.4, 0.5) is 5.69 Å². The van der Waals surface area contributed by atoms with E-state index in [-0.39, 0.29) is 17.7 Å². The van der Waals surface area contributed by atoms with Crippen LogP contribution in [0, 0.1) is 11.8 Å². The maximum atomic E-state index is 14.5. The van der Waals surface area contributed by atoms with Crippen molar-refractivity contribution in [3.8, 4) is 0 Å². The van der Waals surface area contributed by atoms with Crippen LogP contribution in [0.1, 0.15) is 42.4 Å². The van der Waals surface area contributed by atoms with E-state index >= 15 is 0 Å². The first-order valence-corrected chi connectivity index (χ1v) is 17.5. The summed E-state index contributed by atoms with van der Waals surface area (Å²) in [7, 11) is 4.12. The number of piperidine rings is 1. The average Bonchev–Trinajstić information content (AvgIpc) is 3.46. The van der Waals surface area contributed by atoms with E-state index in [2.05, 4.69) is 46.3 Å². The van der Waals surface area contributed by atoms with Crippen molar-refractivity contribution in [3.63, 3.8) is 0 Å². The fraction of sp³-hybridized carbons (Fsp3) is 0.421. The Hall–Kier alpha value is -3.36. The van der Waals surface area contributed by atoms with Crippen LogP contribution >= 0.6 is 23.2 Å². The van der Waals surface area contributed by atoms with E-state index in [4.69, 9.17) is 23.2 Å². The molecule has 2 aliphatic rings. The summed E-state index contributed by atoms with van der Waals surface area (Å²) < 4.78 is 0. The molecule has 6 rings (SSSR count). The van der Waals surface area contributed by atoms with Crippen molar-refractivity contribution in [3.05, 3.63) is 99.7 Å². The summed E-state index contributed by atoms with van der Waals surface area (Å²) in [4.78, 5) is 37.9. The number of amides is 2. The summed E-state index contributed by atoms with van der Waals surface area (Å²) in [5, 5.41) is 5.75. The molecule has 248 valence electrons. The standard InChI is InChI=1S/C38H45Cl2N5O2/c1-43(2)23-27-19-29-20-31(39)12-13-36(29)45(24-27)38(47)35(21-30-22-41-34-10-6-4-8-32(30)34)42-37(46)14-11-26-15-17-44(18-16-26)25-28-7-3-5-9-33(28)40/h3-10,12-13,20,22,26-27,35,41H,11,14-19,21,23-25H2,1-2H3,(H,42,46)/t27-,35-/m1/s1. The highest BCUT2D eigenvalue weighted by molar-refractivity contribution is 6.31. The van der Waals surface area contributed by atoms with Gasteiger partial charge in [0.2, 0.25) is 11.8 Å². The number of halogens is 2. The van der Waals surface area contributed by atoms with Gasteiger partial charge in [-0.25, -0.2) is 0 Å². The third kappa shape index (κ3) is 8.39. The molecular weight excluding hydrogens is 629 g/mol. The van der Waals surface area contributed by atoms with Gasteiger partial charge < -0.3 is 20.1 Å². The summed E-state index contributed by atoms with van der Waals surface area (Å²) >= 11 is 12.8.